The van der Waals surface area contributed by atoms with Crippen molar-refractivity contribution in [3.05, 3.63) is 0 Å². The van der Waals surface area contributed by atoms with Gasteiger partial charge in [0.2, 0.25) is 0 Å². The van der Waals surface area contributed by atoms with Crippen LogP contribution in [0.25, 0.3) is 0 Å². The van der Waals surface area contributed by atoms with Gasteiger partial charge in [-0.25, -0.2) is 0 Å². The summed E-state index contributed by atoms with van der Waals surface area (Å²) in [6.07, 6.45) is -0.560. The first-order chi connectivity index (χ1) is 4.68. The second kappa shape index (κ2) is 12.2. The molecule has 0 bridgehead atoms. The van der Waals surface area contributed by atoms with Crippen LogP contribution in [0.4, 0.5) is 0 Å². The molecule has 0 saturated carbocycles. The third kappa shape index (κ3) is 23.6. The summed E-state index contributed by atoms with van der Waals surface area (Å²) in [5.41, 5.74) is 0. The van der Waals surface area contributed by atoms with Crippen molar-refractivity contribution in [2.75, 3.05) is 6.61 Å². The van der Waals surface area contributed by atoms with Gasteiger partial charge >= 0.3 is 0 Å². The summed E-state index contributed by atoms with van der Waals surface area (Å²) in [5.74, 6) is 0. The van der Waals surface area contributed by atoms with Gasteiger partial charge in [0.05, 0.1) is 12.7 Å². The molecule has 64 valence electrons. The molecule has 0 rings (SSSR count). The largest absolute Gasteiger partial charge is 0.449 e. The first-order valence-corrected chi connectivity index (χ1v) is 5.74. The summed E-state index contributed by atoms with van der Waals surface area (Å²) < 4.78 is 9.56. The number of hydrogen-bond acceptors (Lipinski definition) is 4. The molecule has 0 aromatic carbocycles. The molecule has 0 radical (unpaired) electrons. The molecule has 1 unspecified atom stereocenters. The van der Waals surface area contributed by atoms with E-state index in [1.54, 1.807) is 0 Å². The van der Waals surface area contributed by atoms with E-state index in [1.165, 1.54) is 6.92 Å². The molecule has 7 heteroatoms. The lowest BCUT2D eigenvalue weighted by molar-refractivity contribution is 0.110. The van der Waals surface area contributed by atoms with Crippen molar-refractivity contribution in [1.82, 2.24) is 0 Å². The Morgan fingerprint density at radius 1 is 1.50 bits per heavy atom. The fraction of sp³-hybridized carbons (Fsp3) is 1.00. The molecule has 10 heavy (non-hydrogen) atoms. The third-order valence-corrected chi connectivity index (χ3v) is 2.39. The van der Waals surface area contributed by atoms with Gasteiger partial charge in [0, 0.05) is 0 Å². The molecule has 0 amide bonds. The van der Waals surface area contributed by atoms with Crippen molar-refractivity contribution < 1.29 is 18.4 Å². The molecule has 0 fully saturated rings. The zero-order valence-electron chi connectivity index (χ0n) is 6.70. The number of rotatable bonds is 3. The number of aliphatic hydroxyl groups excluding tert-OH is 2. The van der Waals surface area contributed by atoms with E-state index in [0.29, 0.717) is 0 Å². The summed E-state index contributed by atoms with van der Waals surface area (Å²) in [6, 6.07) is 0. The van der Waals surface area contributed by atoms with Crippen LogP contribution in [-0.4, -0.2) is 53.9 Å². The predicted molar refractivity (Wildman–Crippen MR) is 49.4 cm³/mol. The van der Waals surface area contributed by atoms with E-state index in [2.05, 4.69) is 0 Å². The molecule has 1 atom stereocenters. The van der Waals surface area contributed by atoms with Gasteiger partial charge in [0.15, 0.2) is 0 Å². The van der Waals surface area contributed by atoms with Gasteiger partial charge in [-0.3, -0.25) is 0 Å². The van der Waals surface area contributed by atoms with Gasteiger partial charge in [-0.05, 0) is 6.92 Å². The summed E-state index contributed by atoms with van der Waals surface area (Å²) in [5, 5.41) is 16.0. The SMILES string of the molecule is CC(O)CO.[SiH3]O[SiH2]O[SiH3]. The van der Waals surface area contributed by atoms with E-state index in [1.807, 2.05) is 0 Å². The predicted octanol–water partition coefficient (Wildman–Crippen LogP) is -4.06. The van der Waals surface area contributed by atoms with Gasteiger partial charge in [-0.2, -0.15) is 0 Å². The van der Waals surface area contributed by atoms with Crippen molar-refractivity contribution in [3.8, 4) is 0 Å². The van der Waals surface area contributed by atoms with E-state index in [-0.39, 0.29) is 6.61 Å². The molecule has 0 spiro atoms. The van der Waals surface area contributed by atoms with E-state index in [9.17, 15) is 0 Å². The maximum absolute atomic E-state index is 8.11. The average molecular weight is 200 g/mol. The molecule has 0 aromatic rings. The van der Waals surface area contributed by atoms with Crippen molar-refractivity contribution in [2.24, 2.45) is 0 Å². The van der Waals surface area contributed by atoms with Crippen LogP contribution in [0.1, 0.15) is 6.92 Å². The van der Waals surface area contributed by atoms with Crippen LogP contribution in [0.5, 0.6) is 0 Å². The standard InChI is InChI=1S/C3H8O2.H8O2Si3/c1-3(5)2-4;3-1-5-2-4/h3-5H,2H2,1H3;5H2,3-4H3. The number of aliphatic hydroxyl groups is 2. The highest BCUT2D eigenvalue weighted by molar-refractivity contribution is 6.33. The molecule has 0 aliphatic heterocycles. The lowest BCUT2D eigenvalue weighted by Crippen LogP contribution is -2.03. The van der Waals surface area contributed by atoms with Crippen molar-refractivity contribution in [3.63, 3.8) is 0 Å². The molecular weight excluding hydrogens is 184 g/mol. The second-order valence-electron chi connectivity index (χ2n) is 1.73. The Balaban J connectivity index is 0. The van der Waals surface area contributed by atoms with Crippen molar-refractivity contribution in [1.29, 1.82) is 0 Å². The van der Waals surface area contributed by atoms with Gasteiger partial charge < -0.3 is 18.4 Å². The fourth-order valence-electron chi connectivity index (χ4n) is 0.118. The fourth-order valence-corrected chi connectivity index (χ4v) is 3.18. The monoisotopic (exact) mass is 200 g/mol. The van der Waals surface area contributed by atoms with Crippen molar-refractivity contribution >= 4 is 31.0 Å². The van der Waals surface area contributed by atoms with Crippen LogP contribution in [0.2, 0.25) is 0 Å². The first kappa shape index (κ1) is 13.1. The third-order valence-electron chi connectivity index (χ3n) is 0.500. The zero-order valence-corrected chi connectivity index (χ0v) is 12.1. The zero-order chi connectivity index (χ0) is 8.41. The molecule has 0 aliphatic carbocycles. The van der Waals surface area contributed by atoms with Crippen LogP contribution >= 0.6 is 0 Å². The van der Waals surface area contributed by atoms with Gasteiger partial charge in [0.1, 0.15) is 21.0 Å². The Morgan fingerprint density at radius 2 is 1.80 bits per heavy atom. The topological polar surface area (TPSA) is 58.9 Å². The molecule has 0 heterocycles. The normalized spacial score (nSPS) is 13.5. The highest BCUT2D eigenvalue weighted by Gasteiger charge is 1.83. The first-order valence-electron chi connectivity index (χ1n) is 2.95. The quantitative estimate of drug-likeness (QED) is 0.455. The summed E-state index contributed by atoms with van der Waals surface area (Å²) in [6.45, 7) is 1.39. The molecule has 0 saturated heterocycles. The number of hydrogen-bond donors (Lipinski definition) is 2. The van der Waals surface area contributed by atoms with E-state index in [4.69, 9.17) is 18.4 Å². The molecule has 0 aromatic heterocycles. The second-order valence-corrected chi connectivity index (χ2v) is 6.58. The Hall–Kier alpha value is 0.491. The molecule has 2 N–H and O–H groups in total. The summed E-state index contributed by atoms with van der Waals surface area (Å²) in [4.78, 5) is 0. The van der Waals surface area contributed by atoms with E-state index in [0.717, 1.165) is 21.0 Å². The van der Waals surface area contributed by atoms with Gasteiger partial charge in [-0.15, -0.1) is 0 Å². The Morgan fingerprint density at radius 3 is 1.80 bits per heavy atom. The minimum absolute atomic E-state index is 0.139. The van der Waals surface area contributed by atoms with Gasteiger partial charge in [-0.1, -0.05) is 0 Å². The maximum Gasteiger partial charge on any atom is 0.282 e. The lowest BCUT2D eigenvalue weighted by Gasteiger charge is -1.90. The highest BCUT2D eigenvalue weighted by Crippen LogP contribution is 1.68. The van der Waals surface area contributed by atoms with E-state index >= 15 is 0 Å². The maximum atomic E-state index is 8.11. The summed E-state index contributed by atoms with van der Waals surface area (Å²) >= 11 is 0. The van der Waals surface area contributed by atoms with Crippen molar-refractivity contribution in [2.45, 2.75) is 13.0 Å². The average Bonchev–Trinajstić information content (AvgIpc) is 1.91. The summed E-state index contributed by atoms with van der Waals surface area (Å²) in [7, 11) is 1.27. The minimum atomic E-state index is -0.560. The van der Waals surface area contributed by atoms with Crippen LogP contribution in [0.15, 0.2) is 0 Å². The van der Waals surface area contributed by atoms with E-state index < -0.39 is 16.1 Å². The Kier molecular flexibility index (Phi) is 16.0. The molecular formula is C3H16O4Si3. The van der Waals surface area contributed by atoms with Crippen LogP contribution in [-0.2, 0) is 8.23 Å². The molecule has 4 nitrogen and oxygen atoms in total. The van der Waals surface area contributed by atoms with Crippen LogP contribution < -0.4 is 0 Å². The van der Waals surface area contributed by atoms with Crippen LogP contribution in [0, 0.1) is 0 Å². The van der Waals surface area contributed by atoms with Gasteiger partial charge in [0.25, 0.3) is 10.0 Å². The molecule has 0 aliphatic rings. The Labute approximate surface area is 69.7 Å². The lowest BCUT2D eigenvalue weighted by atomic mass is 10.5. The Bertz CT molecular complexity index is 51.0. The highest BCUT2D eigenvalue weighted by atomic mass is 28.3. The minimum Gasteiger partial charge on any atom is -0.449 e. The smallest absolute Gasteiger partial charge is 0.282 e. The van der Waals surface area contributed by atoms with Crippen LogP contribution in [0.3, 0.4) is 0 Å².